The van der Waals surface area contributed by atoms with Gasteiger partial charge in [0.05, 0.1) is 19.6 Å². The van der Waals surface area contributed by atoms with E-state index in [9.17, 15) is 14.7 Å². The van der Waals surface area contributed by atoms with Crippen LogP contribution in [0.4, 0.5) is 5.69 Å². The third kappa shape index (κ3) is 2.46. The van der Waals surface area contributed by atoms with E-state index in [2.05, 4.69) is 4.74 Å². The second-order valence-corrected chi connectivity index (χ2v) is 4.65. The largest absolute Gasteiger partial charge is 0.469 e. The van der Waals surface area contributed by atoms with Gasteiger partial charge in [-0.25, -0.2) is 0 Å². The zero-order valence-corrected chi connectivity index (χ0v) is 11.0. The Morgan fingerprint density at radius 1 is 1.53 bits per heavy atom. The number of esters is 1. The van der Waals surface area contributed by atoms with Crippen LogP contribution in [0.1, 0.15) is 17.5 Å². The maximum Gasteiger partial charge on any atom is 0.311 e. The molecule has 5 heteroatoms. The Kier molecular flexibility index (Phi) is 3.85. The lowest BCUT2D eigenvalue weighted by Gasteiger charge is -2.20. The Labute approximate surface area is 111 Å². The normalized spacial score (nSPS) is 18.8. The summed E-state index contributed by atoms with van der Waals surface area (Å²) in [5.41, 5.74) is 2.40. The maximum absolute atomic E-state index is 12.0. The number of amides is 1. The molecule has 1 aliphatic rings. The number of anilines is 1. The molecule has 1 amide bonds. The van der Waals surface area contributed by atoms with Crippen LogP contribution >= 0.6 is 0 Å². The molecular formula is C14H17NO4. The van der Waals surface area contributed by atoms with Crippen LogP contribution in [0.3, 0.4) is 0 Å². The first-order valence-corrected chi connectivity index (χ1v) is 6.16. The summed E-state index contributed by atoms with van der Waals surface area (Å²) < 4.78 is 4.68. The van der Waals surface area contributed by atoms with Crippen LogP contribution < -0.4 is 4.90 Å². The van der Waals surface area contributed by atoms with E-state index in [1.807, 2.05) is 19.1 Å². The van der Waals surface area contributed by atoms with E-state index in [0.29, 0.717) is 6.54 Å². The lowest BCUT2D eigenvalue weighted by Crippen LogP contribution is -2.27. The third-order valence-corrected chi connectivity index (χ3v) is 3.54. The molecule has 0 aliphatic carbocycles. The summed E-state index contributed by atoms with van der Waals surface area (Å²) in [5, 5.41) is 9.25. The minimum absolute atomic E-state index is 0.0673. The van der Waals surface area contributed by atoms with Gasteiger partial charge in [-0.1, -0.05) is 12.1 Å². The molecule has 0 bridgehead atoms. The number of aliphatic hydroxyl groups excluding tert-OH is 1. The number of rotatable bonds is 3. The Balaban J connectivity index is 2.28. The van der Waals surface area contributed by atoms with Gasteiger partial charge in [0.2, 0.25) is 5.91 Å². The van der Waals surface area contributed by atoms with Gasteiger partial charge in [-0.2, -0.15) is 0 Å². The van der Waals surface area contributed by atoms with Crippen molar-refractivity contribution in [3.8, 4) is 0 Å². The van der Waals surface area contributed by atoms with Crippen molar-refractivity contribution in [1.82, 2.24) is 0 Å². The fourth-order valence-electron chi connectivity index (χ4n) is 2.40. The molecule has 102 valence electrons. The number of hydrogen-bond donors (Lipinski definition) is 1. The number of ether oxygens (including phenoxy) is 1. The number of aliphatic hydroxyl groups is 1. The second kappa shape index (κ2) is 5.40. The monoisotopic (exact) mass is 263 g/mol. The van der Waals surface area contributed by atoms with Gasteiger partial charge in [0.25, 0.3) is 0 Å². The van der Waals surface area contributed by atoms with Crippen molar-refractivity contribution in [3.63, 3.8) is 0 Å². The average Bonchev–Trinajstić information content (AvgIpc) is 2.80. The summed E-state index contributed by atoms with van der Waals surface area (Å²) in [6, 6.07) is 5.44. The summed E-state index contributed by atoms with van der Waals surface area (Å²) in [4.78, 5) is 25.1. The highest BCUT2D eigenvalue weighted by molar-refractivity contribution is 6.00. The van der Waals surface area contributed by atoms with Crippen molar-refractivity contribution < 1.29 is 19.4 Å². The Bertz CT molecular complexity index is 512. The fourth-order valence-corrected chi connectivity index (χ4v) is 2.40. The molecule has 0 aromatic heterocycles. The van der Waals surface area contributed by atoms with Gasteiger partial charge >= 0.3 is 5.97 Å². The van der Waals surface area contributed by atoms with Crippen LogP contribution in [0, 0.1) is 12.8 Å². The minimum Gasteiger partial charge on any atom is -0.469 e. The molecule has 0 spiro atoms. The zero-order valence-electron chi connectivity index (χ0n) is 11.0. The highest BCUT2D eigenvalue weighted by atomic mass is 16.5. The molecule has 1 fully saturated rings. The topological polar surface area (TPSA) is 66.8 Å². The zero-order chi connectivity index (χ0) is 14.0. The number of benzene rings is 1. The van der Waals surface area contributed by atoms with E-state index in [0.717, 1.165) is 16.8 Å². The molecule has 0 radical (unpaired) electrons. The van der Waals surface area contributed by atoms with Crippen LogP contribution in [-0.2, 0) is 20.9 Å². The van der Waals surface area contributed by atoms with E-state index in [1.54, 1.807) is 11.0 Å². The standard InChI is InChI=1S/C14H17NO4/c1-9-10(8-16)4-3-5-12(9)15-7-11(6-13(15)17)14(18)19-2/h3-5,11,16H,6-8H2,1-2H3. The quantitative estimate of drug-likeness (QED) is 0.827. The molecule has 0 saturated carbocycles. The smallest absolute Gasteiger partial charge is 0.311 e. The molecule has 1 aromatic rings. The van der Waals surface area contributed by atoms with Crippen molar-refractivity contribution in [3.05, 3.63) is 29.3 Å². The molecule has 1 heterocycles. The van der Waals surface area contributed by atoms with Gasteiger partial charge in [-0.05, 0) is 24.1 Å². The molecule has 1 atom stereocenters. The SMILES string of the molecule is COC(=O)C1CC(=O)N(c2cccc(CO)c2C)C1. The van der Waals surface area contributed by atoms with Gasteiger partial charge in [0, 0.05) is 18.7 Å². The number of hydrogen-bond acceptors (Lipinski definition) is 4. The summed E-state index contributed by atoms with van der Waals surface area (Å²) in [7, 11) is 1.33. The van der Waals surface area contributed by atoms with E-state index < -0.39 is 5.92 Å². The van der Waals surface area contributed by atoms with Gasteiger partial charge in [-0.3, -0.25) is 9.59 Å². The van der Waals surface area contributed by atoms with E-state index >= 15 is 0 Å². The molecule has 19 heavy (non-hydrogen) atoms. The summed E-state index contributed by atoms with van der Waals surface area (Å²) in [6.07, 6.45) is 0.176. The molecule has 2 rings (SSSR count). The molecule has 1 aliphatic heterocycles. The molecule has 1 unspecified atom stereocenters. The van der Waals surface area contributed by atoms with Gasteiger partial charge < -0.3 is 14.7 Å². The first-order valence-electron chi connectivity index (χ1n) is 6.16. The summed E-state index contributed by atoms with van der Waals surface area (Å²) >= 11 is 0. The minimum atomic E-state index is -0.408. The Morgan fingerprint density at radius 3 is 2.89 bits per heavy atom. The number of carbonyl (C=O) groups is 2. The molecule has 5 nitrogen and oxygen atoms in total. The highest BCUT2D eigenvalue weighted by Crippen LogP contribution is 2.30. The number of nitrogens with zero attached hydrogens (tertiary/aromatic N) is 1. The van der Waals surface area contributed by atoms with Crippen LogP contribution in [0.2, 0.25) is 0 Å². The first kappa shape index (κ1) is 13.5. The predicted molar refractivity (Wildman–Crippen MR) is 69.6 cm³/mol. The van der Waals surface area contributed by atoms with Crippen molar-refractivity contribution in [2.24, 2.45) is 5.92 Å². The van der Waals surface area contributed by atoms with Crippen LogP contribution in [0.25, 0.3) is 0 Å². The van der Waals surface area contributed by atoms with Gasteiger partial charge in [0.1, 0.15) is 0 Å². The first-order chi connectivity index (χ1) is 9.08. The van der Waals surface area contributed by atoms with Crippen molar-refractivity contribution >= 4 is 17.6 Å². The van der Waals surface area contributed by atoms with Crippen LogP contribution in [0.15, 0.2) is 18.2 Å². The Hall–Kier alpha value is -1.88. The van der Waals surface area contributed by atoms with Gasteiger partial charge in [-0.15, -0.1) is 0 Å². The molecule has 1 N–H and O–H groups in total. The van der Waals surface area contributed by atoms with E-state index in [4.69, 9.17) is 0 Å². The number of methoxy groups -OCH3 is 1. The van der Waals surface area contributed by atoms with Crippen molar-refractivity contribution in [1.29, 1.82) is 0 Å². The average molecular weight is 263 g/mol. The third-order valence-electron chi connectivity index (χ3n) is 3.54. The molecule has 1 aromatic carbocycles. The van der Waals surface area contributed by atoms with Gasteiger partial charge in [0.15, 0.2) is 0 Å². The predicted octanol–water partition coefficient (Wildman–Crippen LogP) is 1.01. The van der Waals surface area contributed by atoms with E-state index in [1.165, 1.54) is 7.11 Å². The molecular weight excluding hydrogens is 246 g/mol. The second-order valence-electron chi connectivity index (χ2n) is 4.65. The summed E-state index contributed by atoms with van der Waals surface area (Å²) in [5.74, 6) is -0.852. The lowest BCUT2D eigenvalue weighted by molar-refractivity contribution is -0.145. The van der Waals surface area contributed by atoms with E-state index in [-0.39, 0.29) is 24.9 Å². The lowest BCUT2D eigenvalue weighted by atomic mass is 10.1. The molecule has 1 saturated heterocycles. The van der Waals surface area contributed by atoms with Crippen LogP contribution in [-0.4, -0.2) is 30.6 Å². The Morgan fingerprint density at radius 2 is 2.26 bits per heavy atom. The summed E-state index contributed by atoms with van der Waals surface area (Å²) in [6.45, 7) is 2.13. The fraction of sp³-hybridized carbons (Fsp3) is 0.429. The maximum atomic E-state index is 12.0. The van der Waals surface area contributed by atoms with Crippen molar-refractivity contribution in [2.75, 3.05) is 18.6 Å². The number of carbonyl (C=O) groups excluding carboxylic acids is 2. The van der Waals surface area contributed by atoms with Crippen molar-refractivity contribution in [2.45, 2.75) is 20.0 Å². The van der Waals surface area contributed by atoms with Crippen LogP contribution in [0.5, 0.6) is 0 Å². The highest BCUT2D eigenvalue weighted by Gasteiger charge is 2.36.